The van der Waals surface area contributed by atoms with E-state index in [1.54, 1.807) is 6.92 Å². The van der Waals surface area contributed by atoms with Gasteiger partial charge < -0.3 is 5.73 Å². The monoisotopic (exact) mass is 151 g/mol. The third-order valence-corrected chi connectivity index (χ3v) is 2.26. The van der Waals surface area contributed by atoms with Gasteiger partial charge in [-0.2, -0.15) is 0 Å². The van der Waals surface area contributed by atoms with Crippen molar-refractivity contribution in [1.29, 1.82) is 0 Å². The van der Waals surface area contributed by atoms with E-state index in [0.29, 0.717) is 13.0 Å². The van der Waals surface area contributed by atoms with Crippen molar-refractivity contribution in [3.05, 3.63) is 0 Å². The van der Waals surface area contributed by atoms with Gasteiger partial charge in [-0.15, -0.1) is 5.92 Å². The van der Waals surface area contributed by atoms with Gasteiger partial charge in [-0.25, -0.2) is 0 Å². The Bertz CT molecular complexity index is 217. The lowest BCUT2D eigenvalue weighted by atomic mass is 9.99. The number of carbonyl (C=O) groups excluding carboxylic acids is 1. The van der Waals surface area contributed by atoms with Crippen LogP contribution in [0.4, 0.5) is 0 Å². The maximum atomic E-state index is 11.3. The first-order valence-electron chi connectivity index (χ1n) is 3.88. The minimum Gasteiger partial charge on any atom is -0.329 e. The highest BCUT2D eigenvalue weighted by molar-refractivity contribution is 5.89. The first kappa shape index (κ1) is 8.29. The average Bonchev–Trinajstić information content (AvgIpc) is 2.80. The molecule has 1 aliphatic carbocycles. The van der Waals surface area contributed by atoms with Crippen molar-refractivity contribution in [3.63, 3.8) is 0 Å². The predicted octanol–water partition coefficient (Wildman–Crippen LogP) is 0.708. The van der Waals surface area contributed by atoms with Gasteiger partial charge in [0.1, 0.15) is 0 Å². The van der Waals surface area contributed by atoms with E-state index >= 15 is 0 Å². The highest BCUT2D eigenvalue weighted by Crippen LogP contribution is 2.45. The number of Topliss-reactive ketones (excluding diaryl/α,β-unsaturated/α-hetero) is 1. The van der Waals surface area contributed by atoms with Crippen LogP contribution in [-0.4, -0.2) is 12.3 Å². The Hall–Kier alpha value is -0.810. The lowest BCUT2D eigenvalue weighted by molar-refractivity contribution is -0.122. The van der Waals surface area contributed by atoms with E-state index in [9.17, 15) is 4.79 Å². The Balaban J connectivity index is 2.45. The van der Waals surface area contributed by atoms with E-state index in [1.165, 1.54) is 0 Å². The molecule has 0 unspecified atom stereocenters. The number of hydrogen-bond acceptors (Lipinski definition) is 2. The van der Waals surface area contributed by atoms with E-state index in [0.717, 1.165) is 12.8 Å². The molecule has 11 heavy (non-hydrogen) atoms. The molecule has 0 saturated heterocycles. The molecule has 1 aliphatic rings. The van der Waals surface area contributed by atoms with Crippen LogP contribution in [0, 0.1) is 17.3 Å². The first-order valence-corrected chi connectivity index (χ1v) is 3.88. The van der Waals surface area contributed by atoms with E-state index in [2.05, 4.69) is 11.8 Å². The summed E-state index contributed by atoms with van der Waals surface area (Å²) < 4.78 is 0. The lowest BCUT2D eigenvalue weighted by Gasteiger charge is -2.06. The van der Waals surface area contributed by atoms with Gasteiger partial charge in [-0.05, 0) is 19.8 Å². The van der Waals surface area contributed by atoms with Crippen molar-refractivity contribution in [2.75, 3.05) is 6.54 Å². The average molecular weight is 151 g/mol. The minimum absolute atomic E-state index is 0.163. The molecule has 0 aromatic rings. The highest BCUT2D eigenvalue weighted by atomic mass is 16.1. The Morgan fingerprint density at radius 1 is 1.64 bits per heavy atom. The molecule has 2 N–H and O–H groups in total. The standard InChI is InChI=1S/C9H13NO/c1-2-3-4-8(11)9(7-10)5-6-9/h4-7,10H2,1H3. The third-order valence-electron chi connectivity index (χ3n) is 2.26. The molecule has 0 aromatic heterocycles. The lowest BCUT2D eigenvalue weighted by Crippen LogP contribution is -2.24. The smallest absolute Gasteiger partial charge is 0.152 e. The molecule has 2 nitrogen and oxygen atoms in total. The Morgan fingerprint density at radius 2 is 2.27 bits per heavy atom. The second-order valence-corrected chi connectivity index (χ2v) is 3.01. The molecule has 0 heterocycles. The van der Waals surface area contributed by atoms with Crippen LogP contribution in [0.25, 0.3) is 0 Å². The fourth-order valence-electron chi connectivity index (χ4n) is 1.10. The summed E-state index contributed by atoms with van der Waals surface area (Å²) in [6, 6.07) is 0. The van der Waals surface area contributed by atoms with Crippen LogP contribution in [0.5, 0.6) is 0 Å². The summed E-state index contributed by atoms with van der Waals surface area (Å²) in [6.45, 7) is 2.24. The fraction of sp³-hybridized carbons (Fsp3) is 0.667. The number of nitrogens with two attached hydrogens (primary N) is 1. The molecule has 0 radical (unpaired) electrons. The van der Waals surface area contributed by atoms with Crippen molar-refractivity contribution in [1.82, 2.24) is 0 Å². The van der Waals surface area contributed by atoms with Crippen LogP contribution >= 0.6 is 0 Å². The summed E-state index contributed by atoms with van der Waals surface area (Å²) in [5, 5.41) is 0. The SMILES string of the molecule is CC#CCC(=O)C1(CN)CC1. The minimum atomic E-state index is -0.163. The van der Waals surface area contributed by atoms with E-state index in [4.69, 9.17) is 5.73 Å². The van der Waals surface area contributed by atoms with Crippen LogP contribution in [0.2, 0.25) is 0 Å². The van der Waals surface area contributed by atoms with Crippen LogP contribution in [0.1, 0.15) is 26.2 Å². The molecule has 1 rings (SSSR count). The molecule has 0 aromatic carbocycles. The Kier molecular flexibility index (Phi) is 2.31. The number of rotatable bonds is 3. The van der Waals surface area contributed by atoms with Crippen molar-refractivity contribution in [3.8, 4) is 11.8 Å². The number of carbonyl (C=O) groups is 1. The fourth-order valence-corrected chi connectivity index (χ4v) is 1.10. The molecule has 0 bridgehead atoms. The summed E-state index contributed by atoms with van der Waals surface area (Å²) >= 11 is 0. The van der Waals surface area contributed by atoms with Crippen molar-refractivity contribution >= 4 is 5.78 Å². The highest BCUT2D eigenvalue weighted by Gasteiger charge is 2.47. The normalized spacial score (nSPS) is 18.4. The van der Waals surface area contributed by atoms with Gasteiger partial charge in [0.2, 0.25) is 0 Å². The van der Waals surface area contributed by atoms with Gasteiger partial charge >= 0.3 is 0 Å². The molecular weight excluding hydrogens is 138 g/mol. The van der Waals surface area contributed by atoms with Gasteiger partial charge in [0, 0.05) is 12.0 Å². The third kappa shape index (κ3) is 1.61. The predicted molar refractivity (Wildman–Crippen MR) is 43.8 cm³/mol. The topological polar surface area (TPSA) is 43.1 Å². The van der Waals surface area contributed by atoms with Gasteiger partial charge in [0.05, 0.1) is 6.42 Å². The Morgan fingerprint density at radius 3 is 2.64 bits per heavy atom. The largest absolute Gasteiger partial charge is 0.329 e. The molecule has 0 aliphatic heterocycles. The zero-order valence-corrected chi connectivity index (χ0v) is 6.81. The quantitative estimate of drug-likeness (QED) is 0.603. The summed E-state index contributed by atoms with van der Waals surface area (Å²) in [5.41, 5.74) is 5.31. The molecule has 60 valence electrons. The van der Waals surface area contributed by atoms with Crippen molar-refractivity contribution < 1.29 is 4.79 Å². The van der Waals surface area contributed by atoms with Crippen LogP contribution in [0.3, 0.4) is 0 Å². The van der Waals surface area contributed by atoms with Gasteiger partial charge in [0.25, 0.3) is 0 Å². The Labute approximate surface area is 67.2 Å². The zero-order valence-electron chi connectivity index (χ0n) is 6.81. The van der Waals surface area contributed by atoms with Crippen molar-refractivity contribution in [2.24, 2.45) is 11.1 Å². The van der Waals surface area contributed by atoms with Crippen LogP contribution in [0.15, 0.2) is 0 Å². The first-order chi connectivity index (χ1) is 5.25. The van der Waals surface area contributed by atoms with Crippen LogP contribution in [-0.2, 0) is 4.79 Å². The van der Waals surface area contributed by atoms with Gasteiger partial charge in [-0.3, -0.25) is 4.79 Å². The molecule has 1 fully saturated rings. The molecular formula is C9H13NO. The maximum Gasteiger partial charge on any atom is 0.152 e. The summed E-state index contributed by atoms with van der Waals surface area (Å²) in [4.78, 5) is 11.3. The number of hydrogen-bond donors (Lipinski definition) is 1. The summed E-state index contributed by atoms with van der Waals surface area (Å²) in [6.07, 6.45) is 2.31. The maximum absolute atomic E-state index is 11.3. The molecule has 0 amide bonds. The van der Waals surface area contributed by atoms with Gasteiger partial charge in [-0.1, -0.05) is 5.92 Å². The second-order valence-electron chi connectivity index (χ2n) is 3.01. The second kappa shape index (κ2) is 3.06. The van der Waals surface area contributed by atoms with Crippen molar-refractivity contribution in [2.45, 2.75) is 26.2 Å². The van der Waals surface area contributed by atoms with E-state index in [-0.39, 0.29) is 11.2 Å². The zero-order chi connectivity index (χ0) is 8.32. The molecule has 0 atom stereocenters. The molecule has 2 heteroatoms. The summed E-state index contributed by atoms with van der Waals surface area (Å²) in [7, 11) is 0. The number of ketones is 1. The molecule has 1 saturated carbocycles. The van der Waals surface area contributed by atoms with E-state index < -0.39 is 0 Å². The van der Waals surface area contributed by atoms with Crippen LogP contribution < -0.4 is 5.73 Å². The van der Waals surface area contributed by atoms with Gasteiger partial charge in [0.15, 0.2) is 5.78 Å². The molecule has 0 spiro atoms. The van der Waals surface area contributed by atoms with E-state index in [1.807, 2.05) is 0 Å². The summed E-state index contributed by atoms with van der Waals surface area (Å²) in [5.74, 6) is 5.72.